The average molecular weight is 320 g/mol. The number of carbonyl (C=O) groups excluding carboxylic acids is 1. The summed E-state index contributed by atoms with van der Waals surface area (Å²) in [5, 5.41) is 9.96. The van der Waals surface area contributed by atoms with E-state index in [1.54, 1.807) is 12.1 Å². The van der Waals surface area contributed by atoms with Gasteiger partial charge in [0.05, 0.1) is 6.04 Å². The second-order valence-corrected chi connectivity index (χ2v) is 5.70. The largest absolute Gasteiger partial charge is 0.491 e. The lowest BCUT2D eigenvalue weighted by Gasteiger charge is -2.12. The Labute approximate surface area is 138 Å². The molecule has 1 aromatic heterocycles. The number of aromatic nitrogens is 3. The summed E-state index contributed by atoms with van der Waals surface area (Å²) < 4.78 is 5.60. The Balaban J connectivity index is 1.55. The Bertz CT molecular complexity index is 903. The van der Waals surface area contributed by atoms with Gasteiger partial charge >= 0.3 is 0 Å². The van der Waals surface area contributed by atoms with E-state index in [1.807, 2.05) is 43.3 Å². The van der Waals surface area contributed by atoms with Crippen LogP contribution < -0.4 is 10.1 Å². The minimum absolute atomic E-state index is 0.136. The number of H-pyrrole nitrogens is 1. The number of nitrogens with zero attached hydrogens (tertiary/aromatic N) is 2. The molecule has 0 bridgehead atoms. The molecule has 1 aliphatic rings. The molecule has 3 aromatic rings. The third-order valence-electron chi connectivity index (χ3n) is 3.99. The first kappa shape index (κ1) is 14.4. The van der Waals surface area contributed by atoms with Gasteiger partial charge in [-0.05, 0) is 25.1 Å². The van der Waals surface area contributed by atoms with Crippen molar-refractivity contribution in [2.45, 2.75) is 13.0 Å². The van der Waals surface area contributed by atoms with Gasteiger partial charge in [-0.3, -0.25) is 9.89 Å². The third-order valence-corrected chi connectivity index (χ3v) is 3.99. The first-order chi connectivity index (χ1) is 11.7. The topological polar surface area (TPSA) is 79.9 Å². The van der Waals surface area contributed by atoms with Crippen LogP contribution in [0.3, 0.4) is 0 Å². The molecule has 1 amide bonds. The van der Waals surface area contributed by atoms with Gasteiger partial charge in [-0.2, -0.15) is 5.10 Å². The van der Waals surface area contributed by atoms with Crippen LogP contribution in [0.2, 0.25) is 0 Å². The van der Waals surface area contributed by atoms with Crippen LogP contribution in [0.4, 0.5) is 0 Å². The highest BCUT2D eigenvalue weighted by Gasteiger charge is 2.25. The molecule has 0 aliphatic carbocycles. The summed E-state index contributed by atoms with van der Waals surface area (Å²) in [5.41, 5.74) is 2.38. The van der Waals surface area contributed by atoms with Crippen molar-refractivity contribution in [3.05, 3.63) is 65.5 Å². The number of hydrogen-bond donors (Lipinski definition) is 2. The first-order valence-corrected chi connectivity index (χ1v) is 7.73. The van der Waals surface area contributed by atoms with Crippen LogP contribution >= 0.6 is 0 Å². The molecule has 24 heavy (non-hydrogen) atoms. The maximum Gasteiger partial charge on any atom is 0.251 e. The van der Waals surface area contributed by atoms with Gasteiger partial charge in [-0.1, -0.05) is 30.3 Å². The van der Waals surface area contributed by atoms with Gasteiger partial charge in [0.1, 0.15) is 18.2 Å². The Morgan fingerprint density at radius 3 is 2.96 bits per heavy atom. The first-order valence-electron chi connectivity index (χ1n) is 7.73. The van der Waals surface area contributed by atoms with E-state index in [2.05, 4.69) is 20.5 Å². The summed E-state index contributed by atoms with van der Waals surface area (Å²) in [5.74, 6) is 2.00. The number of fused-ring (bicyclic) bond motifs is 1. The van der Waals surface area contributed by atoms with Crippen molar-refractivity contribution >= 4 is 5.91 Å². The molecule has 0 fully saturated rings. The summed E-state index contributed by atoms with van der Waals surface area (Å²) in [6.07, 6.45) is 0. The van der Waals surface area contributed by atoms with Gasteiger partial charge < -0.3 is 10.1 Å². The summed E-state index contributed by atoms with van der Waals surface area (Å²) >= 11 is 0. The van der Waals surface area contributed by atoms with E-state index in [4.69, 9.17) is 4.74 Å². The molecular weight excluding hydrogens is 304 g/mol. The quantitative estimate of drug-likeness (QED) is 0.777. The van der Waals surface area contributed by atoms with Crippen molar-refractivity contribution in [3.8, 4) is 17.1 Å². The van der Waals surface area contributed by atoms with Gasteiger partial charge in [0.15, 0.2) is 5.82 Å². The number of ether oxygens (including phenoxy) is 1. The van der Waals surface area contributed by atoms with Crippen LogP contribution in [0.5, 0.6) is 5.75 Å². The Hall–Kier alpha value is -3.15. The van der Waals surface area contributed by atoms with Gasteiger partial charge in [-0.15, -0.1) is 0 Å². The lowest BCUT2D eigenvalue weighted by Crippen LogP contribution is -2.29. The van der Waals surface area contributed by atoms with Crippen LogP contribution in [-0.4, -0.2) is 27.7 Å². The van der Waals surface area contributed by atoms with Crippen molar-refractivity contribution < 1.29 is 9.53 Å². The molecular formula is C18H16N4O2. The molecule has 1 aliphatic heterocycles. The molecule has 1 atom stereocenters. The fourth-order valence-electron chi connectivity index (χ4n) is 2.80. The molecule has 0 unspecified atom stereocenters. The zero-order valence-corrected chi connectivity index (χ0v) is 13.1. The maximum atomic E-state index is 12.6. The van der Waals surface area contributed by atoms with Gasteiger partial charge in [0, 0.05) is 16.7 Å². The van der Waals surface area contributed by atoms with Crippen LogP contribution in [0.1, 0.15) is 27.8 Å². The summed E-state index contributed by atoms with van der Waals surface area (Å²) in [7, 11) is 0. The highest BCUT2D eigenvalue weighted by molar-refractivity contribution is 5.95. The Morgan fingerprint density at radius 2 is 2.12 bits per heavy atom. The normalized spacial score (nSPS) is 15.6. The van der Waals surface area contributed by atoms with Crippen LogP contribution in [0.25, 0.3) is 11.4 Å². The van der Waals surface area contributed by atoms with E-state index in [0.717, 1.165) is 22.7 Å². The minimum atomic E-state index is -0.144. The predicted molar refractivity (Wildman–Crippen MR) is 88.7 cm³/mol. The molecule has 2 N–H and O–H groups in total. The number of hydrogen-bond acceptors (Lipinski definition) is 4. The fourth-order valence-corrected chi connectivity index (χ4v) is 2.80. The summed E-state index contributed by atoms with van der Waals surface area (Å²) in [4.78, 5) is 16.9. The molecule has 2 heterocycles. The van der Waals surface area contributed by atoms with E-state index >= 15 is 0 Å². The molecule has 6 heteroatoms. The smallest absolute Gasteiger partial charge is 0.251 e. The third kappa shape index (κ3) is 2.62. The fraction of sp³-hybridized carbons (Fsp3) is 0.167. The molecule has 4 rings (SSSR count). The SMILES string of the molecule is Cc1nc(-c2cccc(C(=O)N[C@@H]3COc4ccccc43)c2)n[nH]1. The average Bonchev–Trinajstić information content (AvgIpc) is 3.22. The molecule has 2 aromatic carbocycles. The molecule has 0 spiro atoms. The second kappa shape index (κ2) is 5.81. The zero-order chi connectivity index (χ0) is 16.5. The Kier molecular flexibility index (Phi) is 3.49. The number of rotatable bonds is 3. The highest BCUT2D eigenvalue weighted by Crippen LogP contribution is 2.31. The second-order valence-electron chi connectivity index (χ2n) is 5.70. The van der Waals surface area contributed by atoms with Crippen molar-refractivity contribution in [3.63, 3.8) is 0 Å². The number of amides is 1. The van der Waals surface area contributed by atoms with E-state index in [1.165, 1.54) is 0 Å². The molecule has 0 saturated heterocycles. The predicted octanol–water partition coefficient (Wildman–Crippen LogP) is 2.64. The number of benzene rings is 2. The number of carbonyl (C=O) groups is 1. The summed E-state index contributed by atoms with van der Waals surface area (Å²) in [6, 6.07) is 14.9. The van der Waals surface area contributed by atoms with Crippen LogP contribution in [0.15, 0.2) is 48.5 Å². The van der Waals surface area contributed by atoms with E-state index in [0.29, 0.717) is 18.0 Å². The number of aromatic amines is 1. The highest BCUT2D eigenvalue weighted by atomic mass is 16.5. The minimum Gasteiger partial charge on any atom is -0.491 e. The van der Waals surface area contributed by atoms with Crippen LogP contribution in [0, 0.1) is 6.92 Å². The molecule has 120 valence electrons. The van der Waals surface area contributed by atoms with E-state index in [-0.39, 0.29) is 11.9 Å². The summed E-state index contributed by atoms with van der Waals surface area (Å²) in [6.45, 7) is 2.29. The number of aryl methyl sites for hydroxylation is 1. The van der Waals surface area contributed by atoms with Crippen LogP contribution in [-0.2, 0) is 0 Å². The molecule has 0 radical (unpaired) electrons. The van der Waals surface area contributed by atoms with E-state index in [9.17, 15) is 4.79 Å². The lowest BCUT2D eigenvalue weighted by molar-refractivity contribution is 0.0930. The number of para-hydroxylation sites is 1. The zero-order valence-electron chi connectivity index (χ0n) is 13.1. The standard InChI is InChI=1S/C18H16N4O2/c1-11-19-17(22-21-11)12-5-4-6-13(9-12)18(23)20-15-10-24-16-8-3-2-7-14(15)16/h2-9,15H,10H2,1H3,(H,20,23)(H,19,21,22)/t15-/m1/s1. The monoisotopic (exact) mass is 320 g/mol. The van der Waals surface area contributed by atoms with Gasteiger partial charge in [0.2, 0.25) is 0 Å². The van der Waals surface area contributed by atoms with Crippen molar-refractivity contribution in [2.24, 2.45) is 0 Å². The van der Waals surface area contributed by atoms with Gasteiger partial charge in [0.25, 0.3) is 5.91 Å². The molecule has 6 nitrogen and oxygen atoms in total. The molecule has 0 saturated carbocycles. The lowest BCUT2D eigenvalue weighted by atomic mass is 10.1. The van der Waals surface area contributed by atoms with E-state index < -0.39 is 0 Å². The number of nitrogens with one attached hydrogen (secondary N) is 2. The van der Waals surface area contributed by atoms with Crippen molar-refractivity contribution in [1.29, 1.82) is 0 Å². The Morgan fingerprint density at radius 1 is 1.25 bits per heavy atom. The van der Waals surface area contributed by atoms with Crippen molar-refractivity contribution in [1.82, 2.24) is 20.5 Å². The maximum absolute atomic E-state index is 12.6. The van der Waals surface area contributed by atoms with Crippen molar-refractivity contribution in [2.75, 3.05) is 6.61 Å². The van der Waals surface area contributed by atoms with Gasteiger partial charge in [-0.25, -0.2) is 4.98 Å².